The quantitative estimate of drug-likeness (QED) is 0.852. The molecule has 2 aromatic rings. The van der Waals surface area contributed by atoms with E-state index in [-0.39, 0.29) is 23.9 Å². The third-order valence-corrected chi connectivity index (χ3v) is 3.87. The lowest BCUT2D eigenvalue weighted by atomic mass is 10.0. The zero-order valence-electron chi connectivity index (χ0n) is 12.9. The zero-order chi connectivity index (χ0) is 13.9. The van der Waals surface area contributed by atoms with E-state index in [1.54, 1.807) is 0 Å². The van der Waals surface area contributed by atoms with Gasteiger partial charge in [-0.3, -0.25) is 4.98 Å². The summed E-state index contributed by atoms with van der Waals surface area (Å²) in [6, 6.07) is 14.8. The average Bonchev–Trinajstić information content (AvgIpc) is 2.65. The Labute approximate surface area is 137 Å². The summed E-state index contributed by atoms with van der Waals surface area (Å²) in [6.45, 7) is 2.15. The molecule has 1 aromatic heterocycles. The number of rotatable bonds is 2. The number of benzene rings is 1. The number of aromatic nitrogens is 1. The van der Waals surface area contributed by atoms with Gasteiger partial charge in [-0.05, 0) is 23.8 Å². The highest BCUT2D eigenvalue weighted by atomic mass is 35.5. The fourth-order valence-electron chi connectivity index (χ4n) is 2.74. The summed E-state index contributed by atoms with van der Waals surface area (Å²) in [5.41, 5.74) is 3.49. The summed E-state index contributed by atoms with van der Waals surface area (Å²) < 4.78 is 0. The maximum absolute atomic E-state index is 4.83. The molecule has 1 aromatic carbocycles. The predicted octanol–water partition coefficient (Wildman–Crippen LogP) is 3.35. The van der Waals surface area contributed by atoms with Crippen LogP contribution in [0.1, 0.15) is 30.6 Å². The molecule has 5 heteroatoms. The van der Waals surface area contributed by atoms with E-state index in [1.165, 1.54) is 5.56 Å². The minimum atomic E-state index is 0. The van der Waals surface area contributed by atoms with Crippen molar-refractivity contribution in [3.8, 4) is 0 Å². The van der Waals surface area contributed by atoms with Gasteiger partial charge in [0.05, 0.1) is 17.4 Å². The van der Waals surface area contributed by atoms with Gasteiger partial charge in [0.15, 0.2) is 0 Å². The number of likely N-dealkylation sites (N-methyl/N-ethyl adjacent to an activating group) is 1. The minimum absolute atomic E-state index is 0. The number of aliphatic imine (C=N–C) groups is 1. The Morgan fingerprint density at radius 3 is 2.55 bits per heavy atom. The first-order valence-corrected chi connectivity index (χ1v) is 7.09. The van der Waals surface area contributed by atoms with Crippen LogP contribution in [0, 0.1) is 0 Å². The van der Waals surface area contributed by atoms with Crippen molar-refractivity contribution in [1.29, 1.82) is 0 Å². The Morgan fingerprint density at radius 1 is 1.14 bits per heavy atom. The van der Waals surface area contributed by atoms with Crippen LogP contribution in [0.4, 0.5) is 5.69 Å². The van der Waals surface area contributed by atoms with Crippen molar-refractivity contribution < 1.29 is 5.48 Å². The highest BCUT2D eigenvalue weighted by Gasteiger charge is 2.24. The molecule has 0 bridgehead atoms. The topological polar surface area (TPSA) is 60.0 Å². The smallest absolute Gasteiger partial charge is 0.105 e. The largest absolute Gasteiger partial charge is 0.412 e. The van der Waals surface area contributed by atoms with Gasteiger partial charge in [0.1, 0.15) is 5.84 Å². The van der Waals surface area contributed by atoms with Crippen LogP contribution in [0.25, 0.3) is 0 Å². The molecule has 22 heavy (non-hydrogen) atoms. The molecule has 0 fully saturated rings. The summed E-state index contributed by atoms with van der Waals surface area (Å²) in [4.78, 5) is 11.6. The van der Waals surface area contributed by atoms with Gasteiger partial charge in [0.2, 0.25) is 0 Å². The SMILES string of the molecule is CCC1=Nc2ccccc2CC(c2ccccn2)N1C.Cl.O. The lowest BCUT2D eigenvalue weighted by Crippen LogP contribution is -2.31. The highest BCUT2D eigenvalue weighted by Crippen LogP contribution is 2.32. The zero-order valence-corrected chi connectivity index (χ0v) is 13.7. The van der Waals surface area contributed by atoms with Gasteiger partial charge in [-0.25, -0.2) is 4.99 Å². The van der Waals surface area contributed by atoms with Crippen molar-refractivity contribution in [3.05, 3.63) is 59.9 Å². The maximum atomic E-state index is 4.83. The van der Waals surface area contributed by atoms with Crippen molar-refractivity contribution in [2.24, 2.45) is 4.99 Å². The van der Waals surface area contributed by atoms with Gasteiger partial charge in [-0.1, -0.05) is 31.2 Å². The molecule has 0 saturated heterocycles. The molecule has 1 unspecified atom stereocenters. The molecule has 0 saturated carbocycles. The van der Waals surface area contributed by atoms with Gasteiger partial charge in [-0.15, -0.1) is 12.4 Å². The van der Waals surface area contributed by atoms with E-state index in [1.807, 2.05) is 12.3 Å². The summed E-state index contributed by atoms with van der Waals surface area (Å²) >= 11 is 0. The number of fused-ring (bicyclic) bond motifs is 1. The molecule has 1 aliphatic heterocycles. The number of halogens is 1. The Hall–Kier alpha value is -1.91. The second-order valence-electron chi connectivity index (χ2n) is 5.10. The Morgan fingerprint density at radius 2 is 1.86 bits per heavy atom. The fraction of sp³-hybridized carbons (Fsp3) is 0.294. The van der Waals surface area contributed by atoms with Crippen LogP contribution < -0.4 is 0 Å². The van der Waals surface area contributed by atoms with E-state index in [0.29, 0.717) is 0 Å². The molecule has 118 valence electrons. The van der Waals surface area contributed by atoms with Crippen molar-refractivity contribution in [3.63, 3.8) is 0 Å². The molecule has 0 aliphatic carbocycles. The highest BCUT2D eigenvalue weighted by molar-refractivity contribution is 5.86. The molecule has 2 N–H and O–H groups in total. The monoisotopic (exact) mass is 319 g/mol. The molecular formula is C17H22ClN3O. The molecule has 0 spiro atoms. The average molecular weight is 320 g/mol. The normalized spacial score (nSPS) is 16.5. The van der Waals surface area contributed by atoms with Crippen molar-refractivity contribution in [2.45, 2.75) is 25.8 Å². The fourth-order valence-corrected chi connectivity index (χ4v) is 2.74. The second kappa shape index (κ2) is 7.92. The molecule has 4 nitrogen and oxygen atoms in total. The maximum Gasteiger partial charge on any atom is 0.105 e. The van der Waals surface area contributed by atoms with Gasteiger partial charge >= 0.3 is 0 Å². The summed E-state index contributed by atoms with van der Waals surface area (Å²) in [7, 11) is 2.12. The number of nitrogens with zero attached hydrogens (tertiary/aromatic N) is 3. The first-order chi connectivity index (χ1) is 9.79. The van der Waals surface area contributed by atoms with Crippen molar-refractivity contribution in [1.82, 2.24) is 9.88 Å². The number of amidine groups is 1. The van der Waals surface area contributed by atoms with E-state index in [9.17, 15) is 0 Å². The molecule has 1 aliphatic rings. The predicted molar refractivity (Wildman–Crippen MR) is 93.1 cm³/mol. The van der Waals surface area contributed by atoms with Crippen LogP contribution in [-0.4, -0.2) is 28.2 Å². The number of hydrogen-bond acceptors (Lipinski definition) is 3. The van der Waals surface area contributed by atoms with Crippen LogP contribution in [-0.2, 0) is 6.42 Å². The van der Waals surface area contributed by atoms with Crippen molar-refractivity contribution in [2.75, 3.05) is 7.05 Å². The lowest BCUT2D eigenvalue weighted by molar-refractivity contribution is 0.363. The third kappa shape index (κ3) is 3.46. The Balaban J connectivity index is 0.00000121. The van der Waals surface area contributed by atoms with E-state index in [0.717, 1.165) is 30.1 Å². The van der Waals surface area contributed by atoms with Gasteiger partial charge < -0.3 is 10.4 Å². The molecule has 0 radical (unpaired) electrons. The minimum Gasteiger partial charge on any atom is -0.412 e. The Bertz CT molecular complexity index is 631. The number of para-hydroxylation sites is 1. The first-order valence-electron chi connectivity index (χ1n) is 7.09. The van der Waals surface area contributed by atoms with E-state index >= 15 is 0 Å². The van der Waals surface area contributed by atoms with Crippen LogP contribution >= 0.6 is 12.4 Å². The standard InChI is InChI=1S/C17H19N3.ClH.H2O/c1-3-17-19-14-9-5-4-8-13(14)12-16(20(17)2)15-10-6-7-11-18-15;;/h4-11,16H,3,12H2,1-2H3;1H;1H2. The third-order valence-electron chi connectivity index (χ3n) is 3.87. The summed E-state index contributed by atoms with van der Waals surface area (Å²) in [5, 5.41) is 0. The van der Waals surface area contributed by atoms with Gasteiger partial charge in [0, 0.05) is 26.1 Å². The molecule has 3 rings (SSSR count). The summed E-state index contributed by atoms with van der Waals surface area (Å²) in [5.74, 6) is 1.12. The Kier molecular flexibility index (Phi) is 6.53. The molecule has 0 amide bonds. The summed E-state index contributed by atoms with van der Waals surface area (Å²) in [6.07, 6.45) is 3.73. The number of hydrogen-bond donors (Lipinski definition) is 0. The van der Waals surface area contributed by atoms with Crippen molar-refractivity contribution >= 4 is 23.9 Å². The van der Waals surface area contributed by atoms with Crippen LogP contribution in [0.15, 0.2) is 53.7 Å². The van der Waals surface area contributed by atoms with Crippen LogP contribution in [0.2, 0.25) is 0 Å². The van der Waals surface area contributed by atoms with Crippen LogP contribution in [0.5, 0.6) is 0 Å². The molecular weight excluding hydrogens is 298 g/mol. The second-order valence-corrected chi connectivity index (χ2v) is 5.10. The number of pyridine rings is 1. The van der Waals surface area contributed by atoms with Gasteiger partial charge in [-0.2, -0.15) is 0 Å². The van der Waals surface area contributed by atoms with E-state index < -0.39 is 0 Å². The molecule has 2 heterocycles. The van der Waals surface area contributed by atoms with Gasteiger partial charge in [0.25, 0.3) is 0 Å². The lowest BCUT2D eigenvalue weighted by Gasteiger charge is -2.28. The van der Waals surface area contributed by atoms with E-state index in [4.69, 9.17) is 4.99 Å². The molecule has 1 atom stereocenters. The first kappa shape index (κ1) is 18.1. The van der Waals surface area contributed by atoms with E-state index in [2.05, 4.69) is 60.3 Å². The van der Waals surface area contributed by atoms with Crippen LogP contribution in [0.3, 0.4) is 0 Å².